The topological polar surface area (TPSA) is 72.4 Å². The second kappa shape index (κ2) is 20.6. The number of unbranched alkanes of at least 4 members (excludes halogenated alkanes) is 15. The zero-order valence-corrected chi connectivity index (χ0v) is 25.2. The Hall–Kier alpha value is -2.24. The maximum Gasteiger partial charge on any atom is 0.251 e. The third-order valence-corrected chi connectivity index (χ3v) is 8.65. The predicted octanol–water partition coefficient (Wildman–Crippen LogP) is 9.80. The predicted molar refractivity (Wildman–Crippen MR) is 168 cm³/mol. The lowest BCUT2D eigenvalue weighted by Crippen LogP contribution is -2.13. The molecule has 0 saturated heterocycles. The fourth-order valence-corrected chi connectivity index (χ4v) is 5.85. The van der Waals surface area contributed by atoms with Gasteiger partial charge in [-0.05, 0) is 79.0 Å². The van der Waals surface area contributed by atoms with Crippen LogP contribution < -0.4 is 5.32 Å². The quantitative estimate of drug-likeness (QED) is 0.0918. The van der Waals surface area contributed by atoms with Gasteiger partial charge in [-0.25, -0.2) is 0 Å². The van der Waals surface area contributed by atoms with E-state index < -0.39 is 11.2 Å². The number of amides is 1. The first-order chi connectivity index (χ1) is 19.0. The van der Waals surface area contributed by atoms with Gasteiger partial charge in [0.25, 0.3) is 5.91 Å². The maximum absolute atomic E-state index is 12.7. The average molecular weight is 554 g/mol. The Balaban J connectivity index is 1.51. The number of hydrogen-bond acceptors (Lipinski definition) is 3. The number of hydrogen-bond donors (Lipinski definition) is 2. The van der Waals surface area contributed by atoms with Crippen LogP contribution in [0.4, 0.5) is 5.69 Å². The molecule has 0 aliphatic heterocycles. The molecule has 0 saturated carbocycles. The normalized spacial score (nSPS) is 12.4. The number of nitrogens with one attached hydrogen (secondary N) is 1. The van der Waals surface area contributed by atoms with Gasteiger partial charge in [0.05, 0.1) is 0 Å². The molecule has 0 heterocycles. The van der Waals surface area contributed by atoms with E-state index in [2.05, 4.69) is 12.2 Å². The van der Waals surface area contributed by atoms with Gasteiger partial charge in [0.2, 0.25) is 0 Å². The molecule has 0 aliphatic carbocycles. The first-order valence-electron chi connectivity index (χ1n) is 15.3. The van der Waals surface area contributed by atoms with Gasteiger partial charge >= 0.3 is 0 Å². The minimum absolute atomic E-state index is 0.190. The molecule has 0 aromatic heterocycles. The molecule has 0 fully saturated rings. The summed E-state index contributed by atoms with van der Waals surface area (Å²) in [4.78, 5) is 13.3. The number of rotatable bonds is 21. The van der Waals surface area contributed by atoms with Crippen molar-refractivity contribution in [3.8, 4) is 5.75 Å². The second-order valence-electron chi connectivity index (χ2n) is 10.8. The Morgan fingerprint density at radius 3 is 1.69 bits per heavy atom. The molecule has 0 bridgehead atoms. The first kappa shape index (κ1) is 33.0. The Bertz CT molecular complexity index is 940. The van der Waals surface area contributed by atoms with Crippen LogP contribution in [0.5, 0.6) is 5.75 Å². The summed E-state index contributed by atoms with van der Waals surface area (Å²) in [6, 6.07) is 14.0. The fraction of sp³-hybridized carbons (Fsp3) is 0.559. The smallest absolute Gasteiger partial charge is 0.251 e. The van der Waals surface area contributed by atoms with Crippen molar-refractivity contribution in [1.29, 1.82) is 0 Å². The molecule has 2 rings (SSSR count). The third-order valence-electron chi connectivity index (χ3n) is 7.19. The highest BCUT2D eigenvalue weighted by molar-refractivity contribution is 7.91. The number of aromatic hydroxyl groups is 1. The monoisotopic (exact) mass is 553 g/mol. The van der Waals surface area contributed by atoms with Crippen LogP contribution in [0.2, 0.25) is 0 Å². The van der Waals surface area contributed by atoms with Gasteiger partial charge in [-0.1, -0.05) is 109 Å². The van der Waals surface area contributed by atoms with Crippen LogP contribution in [0.15, 0.2) is 59.0 Å². The van der Waals surface area contributed by atoms with E-state index in [9.17, 15) is 14.5 Å². The largest absolute Gasteiger partial charge is 0.611 e. The van der Waals surface area contributed by atoms with Crippen LogP contribution in [-0.4, -0.2) is 21.3 Å². The first-order valence-corrected chi connectivity index (χ1v) is 16.6. The second-order valence-corrected chi connectivity index (χ2v) is 12.3. The molecule has 1 atom stereocenters. The van der Waals surface area contributed by atoms with Gasteiger partial charge in [0.1, 0.15) is 11.5 Å². The molecule has 0 radical (unpaired) electrons. The van der Waals surface area contributed by atoms with Crippen molar-refractivity contribution in [2.75, 3.05) is 11.1 Å². The number of carbonyl (C=O) groups excluding carboxylic acids is 1. The minimum atomic E-state index is -1.00. The van der Waals surface area contributed by atoms with Gasteiger partial charge in [-0.2, -0.15) is 0 Å². The summed E-state index contributed by atoms with van der Waals surface area (Å²) in [6.07, 6.45) is 23.2. The van der Waals surface area contributed by atoms with E-state index in [-0.39, 0.29) is 11.7 Å². The number of carbonyl (C=O) groups is 1. The van der Waals surface area contributed by atoms with Crippen molar-refractivity contribution < 1.29 is 14.5 Å². The van der Waals surface area contributed by atoms with Crippen molar-refractivity contribution in [3.05, 3.63) is 59.7 Å². The summed E-state index contributed by atoms with van der Waals surface area (Å²) in [5.41, 5.74) is 2.10. The van der Waals surface area contributed by atoms with Gasteiger partial charge in [0.15, 0.2) is 4.90 Å². The average Bonchev–Trinajstić information content (AvgIpc) is 2.94. The zero-order valence-electron chi connectivity index (χ0n) is 24.4. The standard InChI is InChI=1S/C34H51NO3S/c1-3-4-5-6-7-8-9-10-11-12-13-14-15-16-17-18-27-39(38)33-25-21-31(22-26-33)35-34(37)29(2)28-30-19-23-32(36)24-20-30/h19-26,28,36H,3-18,27H2,1-2H3,(H,35,37)/b29-28+. The van der Waals surface area contributed by atoms with E-state index in [1.165, 1.54) is 89.9 Å². The summed E-state index contributed by atoms with van der Waals surface area (Å²) in [5, 5.41) is 12.3. The molecule has 39 heavy (non-hydrogen) atoms. The van der Waals surface area contributed by atoms with Crippen LogP contribution in [0.3, 0.4) is 0 Å². The molecule has 2 aromatic rings. The summed E-state index contributed by atoms with van der Waals surface area (Å²) in [7, 11) is 0. The molecule has 5 heteroatoms. The highest BCUT2D eigenvalue weighted by Crippen LogP contribution is 2.19. The Morgan fingerprint density at radius 2 is 1.21 bits per heavy atom. The van der Waals surface area contributed by atoms with E-state index in [4.69, 9.17) is 0 Å². The number of phenolic OH excluding ortho intramolecular Hbond substituents is 1. The Labute approximate surface area is 240 Å². The maximum atomic E-state index is 12.7. The van der Waals surface area contributed by atoms with Crippen LogP contribution in [0.25, 0.3) is 6.08 Å². The van der Waals surface area contributed by atoms with Crippen LogP contribution >= 0.6 is 0 Å². The van der Waals surface area contributed by atoms with E-state index in [0.717, 1.165) is 23.3 Å². The molecule has 4 nitrogen and oxygen atoms in total. The molecule has 1 unspecified atom stereocenters. The van der Waals surface area contributed by atoms with Crippen LogP contribution in [0.1, 0.15) is 122 Å². The van der Waals surface area contributed by atoms with Gasteiger partial charge < -0.3 is 15.0 Å². The van der Waals surface area contributed by atoms with E-state index in [1.54, 1.807) is 37.3 Å². The van der Waals surface area contributed by atoms with E-state index in [0.29, 0.717) is 17.0 Å². The van der Waals surface area contributed by atoms with Crippen molar-refractivity contribution >= 4 is 28.8 Å². The summed E-state index contributed by atoms with van der Waals surface area (Å²) >= 11 is -1.00. The molecule has 1 amide bonds. The number of phenols is 1. The van der Waals surface area contributed by atoms with E-state index >= 15 is 0 Å². The Kier molecular flexibility index (Phi) is 17.4. The lowest BCUT2D eigenvalue weighted by atomic mass is 10.0. The molecule has 0 spiro atoms. The molecular formula is C34H51NO3S. The van der Waals surface area contributed by atoms with Crippen molar-refractivity contribution in [1.82, 2.24) is 0 Å². The van der Waals surface area contributed by atoms with Crippen LogP contribution in [-0.2, 0) is 16.0 Å². The fourth-order valence-electron chi connectivity index (χ4n) is 4.70. The van der Waals surface area contributed by atoms with Crippen molar-refractivity contribution in [2.45, 2.75) is 121 Å². The van der Waals surface area contributed by atoms with Gasteiger partial charge in [0, 0.05) is 11.3 Å². The van der Waals surface area contributed by atoms with Gasteiger partial charge in [-0.15, -0.1) is 0 Å². The van der Waals surface area contributed by atoms with Crippen LogP contribution in [0, 0.1) is 0 Å². The minimum Gasteiger partial charge on any atom is -0.611 e. The number of benzene rings is 2. The lowest BCUT2D eigenvalue weighted by Gasteiger charge is -2.11. The molecule has 216 valence electrons. The van der Waals surface area contributed by atoms with Crippen molar-refractivity contribution in [3.63, 3.8) is 0 Å². The lowest BCUT2D eigenvalue weighted by molar-refractivity contribution is -0.112. The van der Waals surface area contributed by atoms with E-state index in [1.807, 2.05) is 24.3 Å². The molecule has 2 N–H and O–H groups in total. The molecule has 2 aromatic carbocycles. The highest BCUT2D eigenvalue weighted by atomic mass is 32.2. The zero-order chi connectivity index (χ0) is 28.1. The molecular weight excluding hydrogens is 502 g/mol. The Morgan fingerprint density at radius 1 is 0.744 bits per heavy atom. The summed E-state index contributed by atoms with van der Waals surface area (Å²) < 4.78 is 12.7. The van der Waals surface area contributed by atoms with Gasteiger partial charge in [-0.3, -0.25) is 4.79 Å². The summed E-state index contributed by atoms with van der Waals surface area (Å²) in [6.45, 7) is 4.03. The third kappa shape index (κ3) is 15.2. The summed E-state index contributed by atoms with van der Waals surface area (Å²) in [5.74, 6) is 0.699. The highest BCUT2D eigenvalue weighted by Gasteiger charge is 2.11. The SMILES string of the molecule is CCCCCCCCCCCCCCCCCC[S+]([O-])c1ccc(NC(=O)/C(C)=C/c2ccc(O)cc2)cc1. The molecule has 0 aliphatic rings. The van der Waals surface area contributed by atoms with Crippen molar-refractivity contribution in [2.24, 2.45) is 0 Å². The number of anilines is 1.